The van der Waals surface area contributed by atoms with Crippen LogP contribution >= 0.6 is 11.8 Å². The quantitative estimate of drug-likeness (QED) is 0.305. The summed E-state index contributed by atoms with van der Waals surface area (Å²) >= 11 is 1.05. The number of hydrogen-bond acceptors (Lipinski definition) is 7. The Kier molecular flexibility index (Phi) is 10.7. The van der Waals surface area contributed by atoms with Crippen molar-refractivity contribution in [1.29, 1.82) is 0 Å². The first-order chi connectivity index (χ1) is 20.4. The average Bonchev–Trinajstić information content (AvgIpc) is 3.48. The van der Waals surface area contributed by atoms with Crippen LogP contribution in [-0.2, 0) is 24.3 Å². The van der Waals surface area contributed by atoms with Gasteiger partial charge in [-0.15, -0.1) is 11.8 Å². The molecule has 0 radical (unpaired) electrons. The Hall–Kier alpha value is -3.23. The first-order valence-corrected chi connectivity index (χ1v) is 16.0. The van der Waals surface area contributed by atoms with Gasteiger partial charge in [-0.05, 0) is 41.8 Å². The Morgan fingerprint density at radius 1 is 1.00 bits per heavy atom. The molecule has 1 amide bonds. The van der Waals surface area contributed by atoms with E-state index in [2.05, 4.69) is 5.32 Å². The van der Waals surface area contributed by atoms with E-state index in [4.69, 9.17) is 10.5 Å². The molecule has 1 heterocycles. The predicted molar refractivity (Wildman–Crippen MR) is 158 cm³/mol. The molecule has 8 nitrogen and oxygen atoms in total. The summed E-state index contributed by atoms with van der Waals surface area (Å²) < 4.78 is 77.3. The molecule has 1 fully saturated rings. The molecular weight excluding hydrogens is 603 g/mol. The molecule has 43 heavy (non-hydrogen) atoms. The lowest BCUT2D eigenvalue weighted by Crippen LogP contribution is -2.46. The lowest BCUT2D eigenvalue weighted by molar-refractivity contribution is -0.126. The summed E-state index contributed by atoms with van der Waals surface area (Å²) in [5.74, 6) is -3.44. The summed E-state index contributed by atoms with van der Waals surface area (Å²) in [5.41, 5.74) is 6.14. The molecular formula is C30H32F3N3O5S2. The number of hydrogen-bond donors (Lipinski definition) is 2. The smallest absolute Gasteiger partial charge is 0.249 e. The van der Waals surface area contributed by atoms with E-state index in [9.17, 15) is 31.2 Å². The van der Waals surface area contributed by atoms with Gasteiger partial charge in [0.05, 0.1) is 23.6 Å². The van der Waals surface area contributed by atoms with Gasteiger partial charge in [0.15, 0.2) is 5.78 Å². The highest BCUT2D eigenvalue weighted by atomic mass is 32.2. The number of carbonyl (C=O) groups is 2. The van der Waals surface area contributed by atoms with Crippen molar-refractivity contribution >= 4 is 33.5 Å². The molecule has 0 unspecified atom stereocenters. The van der Waals surface area contributed by atoms with Crippen molar-refractivity contribution in [2.24, 2.45) is 11.7 Å². The minimum absolute atomic E-state index is 0.0109. The van der Waals surface area contributed by atoms with E-state index in [0.29, 0.717) is 16.9 Å². The maximum absolute atomic E-state index is 14.7. The number of nitrogens with one attached hydrogen (secondary N) is 1. The number of benzene rings is 3. The second kappa shape index (κ2) is 14.0. The van der Waals surface area contributed by atoms with Gasteiger partial charge in [-0.3, -0.25) is 9.59 Å². The molecule has 13 heteroatoms. The highest BCUT2D eigenvalue weighted by Gasteiger charge is 2.41. The second-order valence-corrected chi connectivity index (χ2v) is 13.4. The summed E-state index contributed by atoms with van der Waals surface area (Å²) in [6.45, 7) is 2.62. The fraction of sp³-hybridized carbons (Fsp3) is 0.333. The van der Waals surface area contributed by atoms with Crippen LogP contribution in [0.25, 0.3) is 11.1 Å². The lowest BCUT2D eigenvalue weighted by Gasteiger charge is -2.26. The number of nitrogens with two attached hydrogens (primary N) is 1. The molecule has 1 aliphatic rings. The summed E-state index contributed by atoms with van der Waals surface area (Å²) in [7, 11) is -4.18. The van der Waals surface area contributed by atoms with E-state index in [1.807, 2.05) is 0 Å². The SMILES string of the molecule is CC(C)[C@H](N)C(=O)COC[C@H](NC(=O)[C@@H]1SCCN1S(=O)(=O)c1ccc(-c2ccccc2F)cc1)c1c(F)cccc1F. The van der Waals surface area contributed by atoms with Crippen LogP contribution in [0.15, 0.2) is 71.6 Å². The topological polar surface area (TPSA) is 119 Å². The van der Waals surface area contributed by atoms with Gasteiger partial charge in [0.2, 0.25) is 15.9 Å². The van der Waals surface area contributed by atoms with E-state index in [1.54, 1.807) is 32.0 Å². The number of thioether (sulfide) groups is 1. The molecule has 3 aromatic rings. The summed E-state index contributed by atoms with van der Waals surface area (Å²) in [4.78, 5) is 25.6. The van der Waals surface area contributed by atoms with Crippen molar-refractivity contribution in [3.63, 3.8) is 0 Å². The normalized spacial score (nSPS) is 17.1. The largest absolute Gasteiger partial charge is 0.371 e. The third-order valence-electron chi connectivity index (χ3n) is 7.00. The van der Waals surface area contributed by atoms with Gasteiger partial charge in [-0.1, -0.05) is 50.2 Å². The fourth-order valence-electron chi connectivity index (χ4n) is 4.57. The van der Waals surface area contributed by atoms with Crippen molar-refractivity contribution in [1.82, 2.24) is 9.62 Å². The van der Waals surface area contributed by atoms with Crippen LogP contribution in [0.2, 0.25) is 0 Å². The number of Topliss-reactive ketones (excluding diaryl/α,β-unsaturated/α-hetero) is 1. The number of sulfonamides is 1. The number of ether oxygens (including phenoxy) is 1. The van der Waals surface area contributed by atoms with Crippen molar-refractivity contribution < 1.29 is 35.9 Å². The standard InChI is InChI=1S/C30H32F3N3O5S2/c1-18(2)28(34)26(37)17-41-16-25(27-23(32)8-5-9-24(27)33)35-29(38)30-36(14-15-42-30)43(39,40)20-12-10-19(11-13-20)21-6-3-4-7-22(21)31/h3-13,18,25,28,30H,14-17,34H2,1-2H3,(H,35,38)/t25-,28-,30-/m0/s1. The first-order valence-electron chi connectivity index (χ1n) is 13.5. The Balaban J connectivity index is 1.53. The Labute approximate surface area is 252 Å². The Morgan fingerprint density at radius 3 is 2.26 bits per heavy atom. The zero-order valence-electron chi connectivity index (χ0n) is 23.5. The molecule has 4 rings (SSSR count). The maximum Gasteiger partial charge on any atom is 0.249 e. The minimum Gasteiger partial charge on any atom is -0.371 e. The number of rotatable bonds is 12. The fourth-order valence-corrected chi connectivity index (χ4v) is 7.66. The summed E-state index contributed by atoms with van der Waals surface area (Å²) in [6.07, 6.45) is 0. The molecule has 0 saturated carbocycles. The first kappa shape index (κ1) is 32.7. The van der Waals surface area contributed by atoms with Gasteiger partial charge in [0.1, 0.15) is 29.4 Å². The van der Waals surface area contributed by atoms with E-state index >= 15 is 0 Å². The number of halogens is 3. The Morgan fingerprint density at radius 2 is 1.63 bits per heavy atom. The van der Waals surface area contributed by atoms with Crippen LogP contribution in [-0.4, -0.2) is 61.3 Å². The van der Waals surface area contributed by atoms with Gasteiger partial charge < -0.3 is 15.8 Å². The minimum atomic E-state index is -4.18. The molecule has 3 N–H and O–H groups in total. The van der Waals surface area contributed by atoms with Crippen molar-refractivity contribution in [2.45, 2.75) is 36.2 Å². The molecule has 1 aliphatic heterocycles. The number of ketones is 1. The van der Waals surface area contributed by atoms with Crippen LogP contribution in [0, 0.1) is 23.4 Å². The third-order valence-corrected chi connectivity index (χ3v) is 10.2. The van der Waals surface area contributed by atoms with Crippen molar-refractivity contribution in [2.75, 3.05) is 25.5 Å². The van der Waals surface area contributed by atoms with Gasteiger partial charge in [0.25, 0.3) is 0 Å². The molecule has 3 atom stereocenters. The molecule has 230 valence electrons. The van der Waals surface area contributed by atoms with Crippen LogP contribution in [0.5, 0.6) is 0 Å². The van der Waals surface area contributed by atoms with Crippen molar-refractivity contribution in [3.05, 3.63) is 89.7 Å². The highest BCUT2D eigenvalue weighted by molar-refractivity contribution is 8.02. The monoisotopic (exact) mass is 635 g/mol. The van der Waals surface area contributed by atoms with Crippen molar-refractivity contribution in [3.8, 4) is 11.1 Å². The van der Waals surface area contributed by atoms with Gasteiger partial charge >= 0.3 is 0 Å². The van der Waals surface area contributed by atoms with Crippen LogP contribution < -0.4 is 11.1 Å². The van der Waals surface area contributed by atoms with Crippen LogP contribution in [0.3, 0.4) is 0 Å². The molecule has 0 spiro atoms. The van der Waals surface area contributed by atoms with Crippen LogP contribution in [0.1, 0.15) is 25.5 Å². The second-order valence-electron chi connectivity index (χ2n) is 10.3. The molecule has 0 aliphatic carbocycles. The Bertz CT molecular complexity index is 1550. The maximum atomic E-state index is 14.7. The molecule has 0 aromatic heterocycles. The van der Waals surface area contributed by atoms with Gasteiger partial charge in [-0.25, -0.2) is 21.6 Å². The van der Waals surface area contributed by atoms with Gasteiger partial charge in [0, 0.05) is 23.4 Å². The zero-order valence-corrected chi connectivity index (χ0v) is 25.1. The summed E-state index contributed by atoms with van der Waals surface area (Å²) in [5, 5.41) is 1.27. The number of carbonyl (C=O) groups excluding carboxylic acids is 2. The molecule has 0 bridgehead atoms. The third kappa shape index (κ3) is 7.47. The summed E-state index contributed by atoms with van der Waals surface area (Å²) in [6, 6.07) is 12.7. The molecule has 1 saturated heterocycles. The predicted octanol–water partition coefficient (Wildman–Crippen LogP) is 4.26. The zero-order chi connectivity index (χ0) is 31.3. The number of nitrogens with zero attached hydrogens (tertiary/aromatic N) is 1. The lowest BCUT2D eigenvalue weighted by atomic mass is 10.0. The van der Waals surface area contributed by atoms with E-state index in [0.717, 1.165) is 34.3 Å². The van der Waals surface area contributed by atoms with E-state index < -0.39 is 75.4 Å². The van der Waals surface area contributed by atoms with E-state index in [-0.39, 0.29) is 17.4 Å². The van der Waals surface area contributed by atoms with Gasteiger partial charge in [-0.2, -0.15) is 4.31 Å². The average molecular weight is 636 g/mol. The molecule has 3 aromatic carbocycles. The van der Waals surface area contributed by atoms with Crippen LogP contribution in [0.4, 0.5) is 13.2 Å². The number of amides is 1. The van der Waals surface area contributed by atoms with E-state index in [1.165, 1.54) is 30.3 Å². The highest BCUT2D eigenvalue weighted by Crippen LogP contribution is 2.32.